The second kappa shape index (κ2) is 6.54. The summed E-state index contributed by atoms with van der Waals surface area (Å²) in [5.41, 5.74) is 0. The van der Waals surface area contributed by atoms with E-state index in [0.29, 0.717) is 17.9 Å². The first-order valence-electron chi connectivity index (χ1n) is 6.00. The minimum Gasteiger partial charge on any atom is -0.300 e. The average molecular weight is 229 g/mol. The quantitative estimate of drug-likeness (QED) is 0.676. The van der Waals surface area contributed by atoms with Gasteiger partial charge in [-0.25, -0.2) is 0 Å². The van der Waals surface area contributed by atoms with Gasteiger partial charge in [-0.3, -0.25) is 9.69 Å². The summed E-state index contributed by atoms with van der Waals surface area (Å²) in [5.74, 6) is 2.89. The van der Waals surface area contributed by atoms with E-state index in [2.05, 4.69) is 25.7 Å². The Kier molecular flexibility index (Phi) is 5.69. The van der Waals surface area contributed by atoms with Gasteiger partial charge in [0.15, 0.2) is 0 Å². The highest BCUT2D eigenvalue weighted by Crippen LogP contribution is 2.19. The summed E-state index contributed by atoms with van der Waals surface area (Å²) in [6.07, 6.45) is 2.76. The van der Waals surface area contributed by atoms with Gasteiger partial charge in [0.25, 0.3) is 0 Å². The summed E-state index contributed by atoms with van der Waals surface area (Å²) >= 11 is 2.01. The number of hydrogen-bond donors (Lipinski definition) is 0. The third-order valence-electron chi connectivity index (χ3n) is 3.19. The van der Waals surface area contributed by atoms with E-state index in [1.54, 1.807) is 0 Å². The van der Waals surface area contributed by atoms with Crippen LogP contribution in [-0.2, 0) is 4.79 Å². The number of nitrogens with zero attached hydrogens (tertiary/aromatic N) is 1. The molecule has 2 nitrogen and oxygen atoms in total. The predicted octanol–water partition coefficient (Wildman–Crippen LogP) is 2.57. The lowest BCUT2D eigenvalue weighted by Gasteiger charge is -2.37. The van der Waals surface area contributed by atoms with Gasteiger partial charge in [-0.1, -0.05) is 6.92 Å². The topological polar surface area (TPSA) is 20.3 Å². The molecule has 0 bridgehead atoms. The van der Waals surface area contributed by atoms with Crippen LogP contribution in [0.5, 0.6) is 0 Å². The van der Waals surface area contributed by atoms with E-state index in [9.17, 15) is 4.79 Å². The maximum absolute atomic E-state index is 11.3. The van der Waals surface area contributed by atoms with Crippen LogP contribution in [0, 0.1) is 0 Å². The molecule has 1 aliphatic heterocycles. The molecular weight excluding hydrogens is 206 g/mol. The molecule has 15 heavy (non-hydrogen) atoms. The van der Waals surface area contributed by atoms with Crippen LogP contribution in [0.25, 0.3) is 0 Å². The van der Waals surface area contributed by atoms with Crippen LogP contribution >= 0.6 is 11.8 Å². The van der Waals surface area contributed by atoms with Crippen LogP contribution in [0.3, 0.4) is 0 Å². The second-order valence-electron chi connectivity index (χ2n) is 4.41. The number of carbonyl (C=O) groups is 1. The van der Waals surface area contributed by atoms with E-state index < -0.39 is 0 Å². The lowest BCUT2D eigenvalue weighted by atomic mass is 10.00. The van der Waals surface area contributed by atoms with Crippen LogP contribution in [0.4, 0.5) is 0 Å². The number of rotatable bonds is 5. The third kappa shape index (κ3) is 4.15. The molecule has 0 aromatic carbocycles. The van der Waals surface area contributed by atoms with Crippen molar-refractivity contribution in [2.75, 3.05) is 18.1 Å². The molecule has 1 rings (SSSR count). The van der Waals surface area contributed by atoms with Gasteiger partial charge in [0.2, 0.25) is 0 Å². The fraction of sp³-hybridized carbons (Fsp3) is 0.917. The summed E-state index contributed by atoms with van der Waals surface area (Å²) in [5, 5.41) is 0. The Morgan fingerprint density at radius 1 is 1.60 bits per heavy atom. The van der Waals surface area contributed by atoms with Gasteiger partial charge >= 0.3 is 0 Å². The van der Waals surface area contributed by atoms with Crippen molar-refractivity contribution in [2.45, 2.75) is 52.1 Å². The summed E-state index contributed by atoms with van der Waals surface area (Å²) in [6, 6.07) is 1.08. The fourth-order valence-corrected chi connectivity index (χ4v) is 3.04. The van der Waals surface area contributed by atoms with Crippen LogP contribution < -0.4 is 0 Å². The molecular formula is C12H23NOS. The number of piperidine rings is 1. The minimum absolute atomic E-state index is 0.439. The highest BCUT2D eigenvalue weighted by atomic mass is 32.2. The number of thioether (sulfide) groups is 1. The molecule has 0 spiro atoms. The Hall–Kier alpha value is -0.0200. The number of ketones is 1. The van der Waals surface area contributed by atoms with Crippen LogP contribution in [0.15, 0.2) is 0 Å². The molecule has 1 fully saturated rings. The SMILES string of the molecule is CCSCCC(C)N1CCC(=O)CC1C. The molecule has 0 saturated carbocycles. The van der Waals surface area contributed by atoms with Crippen LogP contribution in [0.2, 0.25) is 0 Å². The maximum Gasteiger partial charge on any atom is 0.135 e. The van der Waals surface area contributed by atoms with Crippen LogP contribution in [0.1, 0.15) is 40.0 Å². The number of Topliss-reactive ketones (excluding diaryl/α,β-unsaturated/α-hetero) is 1. The monoisotopic (exact) mass is 229 g/mol. The molecule has 0 aliphatic carbocycles. The zero-order valence-corrected chi connectivity index (χ0v) is 11.0. The largest absolute Gasteiger partial charge is 0.300 e. The molecule has 88 valence electrons. The van der Waals surface area contributed by atoms with Crippen molar-refractivity contribution >= 4 is 17.5 Å². The summed E-state index contributed by atoms with van der Waals surface area (Å²) in [4.78, 5) is 13.8. The minimum atomic E-state index is 0.439. The van der Waals surface area contributed by atoms with E-state index in [1.165, 1.54) is 17.9 Å². The van der Waals surface area contributed by atoms with Gasteiger partial charge < -0.3 is 0 Å². The number of hydrogen-bond acceptors (Lipinski definition) is 3. The standard InChI is InChI=1S/C12H23NOS/c1-4-15-8-6-10(2)13-7-5-12(14)9-11(13)3/h10-11H,4-9H2,1-3H3. The Bertz CT molecular complexity index is 208. The lowest BCUT2D eigenvalue weighted by molar-refractivity contribution is -0.123. The van der Waals surface area contributed by atoms with Crippen molar-refractivity contribution in [3.05, 3.63) is 0 Å². The first-order valence-corrected chi connectivity index (χ1v) is 7.15. The Balaban J connectivity index is 2.31. The van der Waals surface area contributed by atoms with E-state index in [1.807, 2.05) is 11.8 Å². The highest BCUT2D eigenvalue weighted by molar-refractivity contribution is 7.99. The Labute approximate surface area is 97.8 Å². The van der Waals surface area contributed by atoms with E-state index in [0.717, 1.165) is 19.4 Å². The van der Waals surface area contributed by atoms with Gasteiger partial charge in [-0.05, 0) is 31.8 Å². The molecule has 0 amide bonds. The van der Waals surface area contributed by atoms with E-state index >= 15 is 0 Å². The second-order valence-corrected chi connectivity index (χ2v) is 5.81. The van der Waals surface area contributed by atoms with E-state index in [-0.39, 0.29) is 0 Å². The molecule has 0 radical (unpaired) electrons. The highest BCUT2D eigenvalue weighted by Gasteiger charge is 2.26. The Morgan fingerprint density at radius 2 is 2.33 bits per heavy atom. The zero-order chi connectivity index (χ0) is 11.3. The average Bonchev–Trinajstić information content (AvgIpc) is 2.17. The van der Waals surface area contributed by atoms with Gasteiger partial charge in [0.1, 0.15) is 5.78 Å². The van der Waals surface area contributed by atoms with Gasteiger partial charge in [-0.15, -0.1) is 0 Å². The van der Waals surface area contributed by atoms with Gasteiger partial charge in [0.05, 0.1) is 0 Å². The van der Waals surface area contributed by atoms with Crippen molar-refractivity contribution in [3.63, 3.8) is 0 Å². The van der Waals surface area contributed by atoms with Gasteiger partial charge in [0, 0.05) is 31.5 Å². The van der Waals surface area contributed by atoms with Crippen molar-refractivity contribution in [1.82, 2.24) is 4.90 Å². The van der Waals surface area contributed by atoms with Gasteiger partial charge in [-0.2, -0.15) is 11.8 Å². The van der Waals surface area contributed by atoms with Crippen LogP contribution in [-0.4, -0.2) is 40.8 Å². The van der Waals surface area contributed by atoms with E-state index in [4.69, 9.17) is 0 Å². The first kappa shape index (κ1) is 13.0. The Morgan fingerprint density at radius 3 is 2.93 bits per heavy atom. The smallest absolute Gasteiger partial charge is 0.135 e. The summed E-state index contributed by atoms with van der Waals surface area (Å²) < 4.78 is 0. The predicted molar refractivity (Wildman–Crippen MR) is 67.5 cm³/mol. The normalized spacial score (nSPS) is 25.5. The molecule has 0 aromatic rings. The maximum atomic E-state index is 11.3. The molecule has 1 aliphatic rings. The van der Waals surface area contributed by atoms with Crippen molar-refractivity contribution in [2.24, 2.45) is 0 Å². The van der Waals surface area contributed by atoms with Crippen molar-refractivity contribution < 1.29 is 4.79 Å². The molecule has 1 saturated heterocycles. The molecule has 2 unspecified atom stereocenters. The summed E-state index contributed by atoms with van der Waals surface area (Å²) in [6.45, 7) is 7.65. The number of likely N-dealkylation sites (tertiary alicyclic amines) is 1. The molecule has 2 atom stereocenters. The molecule has 3 heteroatoms. The molecule has 1 heterocycles. The fourth-order valence-electron chi connectivity index (χ4n) is 2.24. The number of carbonyl (C=O) groups excluding carboxylic acids is 1. The molecule has 0 aromatic heterocycles. The zero-order valence-electron chi connectivity index (χ0n) is 10.2. The molecule has 0 N–H and O–H groups in total. The third-order valence-corrected chi connectivity index (χ3v) is 4.12. The summed E-state index contributed by atoms with van der Waals surface area (Å²) in [7, 11) is 0. The van der Waals surface area contributed by atoms with Crippen molar-refractivity contribution in [1.29, 1.82) is 0 Å². The first-order chi connectivity index (χ1) is 7.15. The van der Waals surface area contributed by atoms with Crippen molar-refractivity contribution in [3.8, 4) is 0 Å². The lowest BCUT2D eigenvalue weighted by Crippen LogP contribution is -2.46.